The largest absolute Gasteiger partial charge is 0.388 e. The first-order valence-corrected chi connectivity index (χ1v) is 9.42. The first-order chi connectivity index (χ1) is 12.6. The number of carbonyl (C=O) groups excluding carboxylic acids is 1. The number of halogens is 2. The summed E-state index contributed by atoms with van der Waals surface area (Å²) in [4.78, 5) is 19.0. The Hall–Kier alpha value is -1.60. The zero-order valence-electron chi connectivity index (χ0n) is 15.8. The summed E-state index contributed by atoms with van der Waals surface area (Å²) in [5.41, 5.74) is 1.20. The van der Waals surface area contributed by atoms with Gasteiger partial charge >= 0.3 is 0 Å². The third kappa shape index (κ3) is 4.87. The van der Waals surface area contributed by atoms with E-state index in [1.54, 1.807) is 12.5 Å². The molecule has 1 amide bonds. The number of benzene rings is 1. The van der Waals surface area contributed by atoms with Crippen LogP contribution in [-0.2, 0) is 6.54 Å². The van der Waals surface area contributed by atoms with Crippen LogP contribution in [0.2, 0.25) is 0 Å². The zero-order valence-corrected chi connectivity index (χ0v) is 17.4. The van der Waals surface area contributed by atoms with Gasteiger partial charge in [-0.05, 0) is 43.4 Å². The van der Waals surface area contributed by atoms with Crippen LogP contribution in [0, 0.1) is 0 Å². The van der Waals surface area contributed by atoms with Gasteiger partial charge in [0.1, 0.15) is 0 Å². The van der Waals surface area contributed by atoms with Crippen molar-refractivity contribution >= 4 is 30.7 Å². The minimum Gasteiger partial charge on any atom is -0.388 e. The molecule has 154 valence electrons. The Morgan fingerprint density at radius 1 is 1.25 bits per heavy atom. The molecule has 1 unspecified atom stereocenters. The lowest BCUT2D eigenvalue weighted by Gasteiger charge is -2.38. The number of hydrogen-bond donors (Lipinski definition) is 2. The van der Waals surface area contributed by atoms with E-state index in [1.807, 2.05) is 33.9 Å². The smallest absolute Gasteiger partial charge is 0.254 e. The summed E-state index contributed by atoms with van der Waals surface area (Å²) in [5, 5.41) is 14.2. The van der Waals surface area contributed by atoms with E-state index in [0.29, 0.717) is 38.4 Å². The van der Waals surface area contributed by atoms with Crippen molar-refractivity contribution in [3.63, 3.8) is 0 Å². The van der Waals surface area contributed by atoms with Gasteiger partial charge in [-0.25, -0.2) is 4.98 Å². The van der Waals surface area contributed by atoms with Crippen molar-refractivity contribution in [3.05, 3.63) is 54.1 Å². The molecule has 0 saturated carbocycles. The highest BCUT2D eigenvalue weighted by Crippen LogP contribution is 2.29. The SMILES string of the molecule is Cl.Cl.O=C(c1ccccc1C1CCNC1)N1CCC(O)(Cn2ccnc2)CC1. The first kappa shape index (κ1) is 22.7. The number of rotatable bonds is 4. The number of amides is 1. The Kier molecular flexibility index (Phi) is 7.89. The van der Waals surface area contributed by atoms with E-state index < -0.39 is 5.60 Å². The second kappa shape index (κ2) is 9.74. The molecule has 2 aliphatic heterocycles. The van der Waals surface area contributed by atoms with Crippen LogP contribution >= 0.6 is 24.8 Å². The molecule has 0 spiro atoms. The van der Waals surface area contributed by atoms with E-state index in [2.05, 4.69) is 16.4 Å². The van der Waals surface area contributed by atoms with Crippen LogP contribution in [0.15, 0.2) is 43.0 Å². The molecule has 4 rings (SSSR count). The van der Waals surface area contributed by atoms with Gasteiger partial charge in [0.2, 0.25) is 0 Å². The van der Waals surface area contributed by atoms with Gasteiger partial charge in [-0.1, -0.05) is 18.2 Å². The molecule has 28 heavy (non-hydrogen) atoms. The number of aromatic nitrogens is 2. The molecule has 1 atom stereocenters. The number of hydrogen-bond acceptors (Lipinski definition) is 4. The number of nitrogens with zero attached hydrogens (tertiary/aromatic N) is 3. The van der Waals surface area contributed by atoms with Crippen LogP contribution in [0.25, 0.3) is 0 Å². The second-order valence-electron chi connectivity index (χ2n) is 7.53. The van der Waals surface area contributed by atoms with Gasteiger partial charge in [0.25, 0.3) is 5.91 Å². The molecule has 1 aromatic carbocycles. The molecule has 0 bridgehead atoms. The maximum absolute atomic E-state index is 13.1. The predicted molar refractivity (Wildman–Crippen MR) is 113 cm³/mol. The normalized spacial score (nSPS) is 20.9. The average Bonchev–Trinajstić information content (AvgIpc) is 3.35. The van der Waals surface area contributed by atoms with Gasteiger partial charge in [0, 0.05) is 37.6 Å². The average molecular weight is 427 g/mol. The third-order valence-corrected chi connectivity index (χ3v) is 5.71. The van der Waals surface area contributed by atoms with E-state index in [-0.39, 0.29) is 30.7 Å². The molecular formula is C20H28Cl2N4O2. The van der Waals surface area contributed by atoms with Crippen LogP contribution in [0.4, 0.5) is 0 Å². The molecule has 2 saturated heterocycles. The van der Waals surface area contributed by atoms with Gasteiger partial charge in [0.05, 0.1) is 18.5 Å². The van der Waals surface area contributed by atoms with Crippen molar-refractivity contribution in [1.29, 1.82) is 0 Å². The van der Waals surface area contributed by atoms with Crippen molar-refractivity contribution in [2.45, 2.75) is 37.3 Å². The number of piperidine rings is 1. The van der Waals surface area contributed by atoms with Crippen LogP contribution in [0.5, 0.6) is 0 Å². The van der Waals surface area contributed by atoms with Crippen molar-refractivity contribution in [2.75, 3.05) is 26.2 Å². The molecule has 0 radical (unpaired) electrons. The number of nitrogens with one attached hydrogen (secondary N) is 1. The summed E-state index contributed by atoms with van der Waals surface area (Å²) in [5.74, 6) is 0.510. The summed E-state index contributed by atoms with van der Waals surface area (Å²) in [7, 11) is 0. The van der Waals surface area contributed by atoms with Crippen LogP contribution in [0.1, 0.15) is 41.1 Å². The van der Waals surface area contributed by atoms with Crippen molar-refractivity contribution in [2.24, 2.45) is 0 Å². The monoisotopic (exact) mass is 426 g/mol. The lowest BCUT2D eigenvalue weighted by Crippen LogP contribution is -2.48. The van der Waals surface area contributed by atoms with E-state index in [9.17, 15) is 9.90 Å². The summed E-state index contributed by atoms with van der Waals surface area (Å²) >= 11 is 0. The van der Waals surface area contributed by atoms with Crippen molar-refractivity contribution in [3.8, 4) is 0 Å². The second-order valence-corrected chi connectivity index (χ2v) is 7.53. The molecule has 8 heteroatoms. The summed E-state index contributed by atoms with van der Waals surface area (Å²) in [6.07, 6.45) is 7.56. The van der Waals surface area contributed by atoms with Gasteiger partial charge in [0.15, 0.2) is 0 Å². The summed E-state index contributed by atoms with van der Waals surface area (Å²) in [6.45, 7) is 3.65. The minimum absolute atomic E-state index is 0. The highest BCUT2D eigenvalue weighted by Gasteiger charge is 2.35. The van der Waals surface area contributed by atoms with Crippen molar-refractivity contribution < 1.29 is 9.90 Å². The Morgan fingerprint density at radius 3 is 2.64 bits per heavy atom. The molecule has 6 nitrogen and oxygen atoms in total. The molecule has 2 fully saturated rings. The fraction of sp³-hybridized carbons (Fsp3) is 0.500. The maximum atomic E-state index is 13.1. The maximum Gasteiger partial charge on any atom is 0.254 e. The standard InChI is InChI=1S/C20H26N4O2.2ClH/c25-19(18-4-2-1-3-17(18)16-5-8-21-13-16)24-10-6-20(26,7-11-24)14-23-12-9-22-15-23;;/h1-4,9,12,15-16,21,26H,5-8,10-11,13-14H2;2*1H. The Labute approximate surface area is 178 Å². The van der Waals surface area contributed by atoms with Gasteiger partial charge in [-0.2, -0.15) is 0 Å². The first-order valence-electron chi connectivity index (χ1n) is 9.42. The van der Waals surface area contributed by atoms with E-state index in [1.165, 1.54) is 0 Å². The van der Waals surface area contributed by atoms with E-state index >= 15 is 0 Å². The summed E-state index contributed by atoms with van der Waals surface area (Å²) < 4.78 is 1.90. The van der Waals surface area contributed by atoms with Crippen molar-refractivity contribution in [1.82, 2.24) is 19.8 Å². The fourth-order valence-electron chi connectivity index (χ4n) is 4.14. The van der Waals surface area contributed by atoms with Crippen LogP contribution in [-0.4, -0.2) is 57.2 Å². The number of imidazole rings is 1. The van der Waals surface area contributed by atoms with E-state index in [0.717, 1.165) is 30.6 Å². The molecule has 3 heterocycles. The van der Waals surface area contributed by atoms with Crippen LogP contribution in [0.3, 0.4) is 0 Å². The van der Waals surface area contributed by atoms with Crippen LogP contribution < -0.4 is 5.32 Å². The lowest BCUT2D eigenvalue weighted by atomic mass is 9.89. The quantitative estimate of drug-likeness (QED) is 0.787. The van der Waals surface area contributed by atoms with Gasteiger partial charge in [-0.15, -0.1) is 24.8 Å². The fourth-order valence-corrected chi connectivity index (χ4v) is 4.14. The Bertz CT molecular complexity index is 755. The third-order valence-electron chi connectivity index (χ3n) is 5.71. The molecular weight excluding hydrogens is 399 g/mol. The molecule has 0 aliphatic carbocycles. The molecule has 1 aromatic heterocycles. The molecule has 2 N–H and O–H groups in total. The summed E-state index contributed by atoms with van der Waals surface area (Å²) in [6, 6.07) is 8.00. The van der Waals surface area contributed by atoms with Gasteiger partial charge in [-0.3, -0.25) is 4.79 Å². The number of aliphatic hydroxyl groups is 1. The number of likely N-dealkylation sites (tertiary alicyclic amines) is 1. The lowest BCUT2D eigenvalue weighted by molar-refractivity contribution is -0.0292. The minimum atomic E-state index is -0.771. The van der Waals surface area contributed by atoms with Gasteiger partial charge < -0.3 is 19.9 Å². The van der Waals surface area contributed by atoms with E-state index in [4.69, 9.17) is 0 Å². The molecule has 2 aromatic rings. The highest BCUT2D eigenvalue weighted by molar-refractivity contribution is 5.96. The zero-order chi connectivity index (χ0) is 18.0. The predicted octanol–water partition coefficient (Wildman–Crippen LogP) is 2.47. The molecule has 2 aliphatic rings. The highest BCUT2D eigenvalue weighted by atomic mass is 35.5. The number of carbonyl (C=O) groups is 1. The Morgan fingerprint density at radius 2 is 2.00 bits per heavy atom. The topological polar surface area (TPSA) is 70.4 Å². The Balaban J connectivity index is 0.00000140.